The number of alkyl halides is 5. The van der Waals surface area contributed by atoms with E-state index in [2.05, 4.69) is 21.0 Å². The Bertz CT molecular complexity index is 1460. The van der Waals surface area contributed by atoms with Crippen molar-refractivity contribution < 1.29 is 41.1 Å². The van der Waals surface area contributed by atoms with Crippen molar-refractivity contribution in [1.82, 2.24) is 25.7 Å². The molecule has 0 bridgehead atoms. The molecule has 3 aliphatic rings. The number of hydrogen-bond acceptors (Lipinski definition) is 5. The second-order valence-corrected chi connectivity index (χ2v) is 12.6. The number of aryl methyl sites for hydroxylation is 1. The number of benzene rings is 1. The summed E-state index contributed by atoms with van der Waals surface area (Å²) in [7, 11) is 0. The molecule has 250 valence electrons. The molecule has 3 aliphatic carbocycles. The van der Waals surface area contributed by atoms with Crippen LogP contribution in [0.15, 0.2) is 30.5 Å². The molecule has 3 atom stereocenters. The first-order valence-electron chi connectivity index (χ1n) is 15.5. The molecule has 0 spiro atoms. The van der Waals surface area contributed by atoms with Gasteiger partial charge in [-0.25, -0.2) is 8.78 Å². The van der Waals surface area contributed by atoms with Crippen LogP contribution in [0.4, 0.5) is 27.6 Å². The lowest BCUT2D eigenvalue weighted by Crippen LogP contribution is -2.55. The van der Waals surface area contributed by atoms with E-state index in [1.807, 2.05) is 13.8 Å². The quantitative estimate of drug-likeness (QED) is 0.238. The van der Waals surface area contributed by atoms with Gasteiger partial charge in [0.2, 0.25) is 24.3 Å². The van der Waals surface area contributed by atoms with Crippen molar-refractivity contribution in [3.05, 3.63) is 47.3 Å². The van der Waals surface area contributed by atoms with E-state index in [9.17, 15) is 41.1 Å². The molecule has 5 rings (SSSR count). The third kappa shape index (κ3) is 7.84. The summed E-state index contributed by atoms with van der Waals surface area (Å²) in [5.41, 5.74) is 2.01. The van der Waals surface area contributed by atoms with Crippen molar-refractivity contribution in [2.45, 2.75) is 95.6 Å². The number of fused-ring (bicyclic) bond motifs is 1. The van der Waals surface area contributed by atoms with Crippen molar-refractivity contribution in [3.63, 3.8) is 0 Å². The van der Waals surface area contributed by atoms with Gasteiger partial charge in [-0.3, -0.25) is 23.9 Å². The minimum Gasteiger partial charge on any atom is -0.347 e. The van der Waals surface area contributed by atoms with Gasteiger partial charge in [0.15, 0.2) is 0 Å². The normalized spacial score (nSPS) is 19.1. The number of carbonyl (C=O) groups excluding carboxylic acids is 4. The summed E-state index contributed by atoms with van der Waals surface area (Å²) in [6, 6.07) is 1.79. The number of rotatable bonds is 13. The molecule has 4 N–H and O–H groups in total. The SMILES string of the molecule is CC(C)n1nccc1C(=O)N[C@H](C(=O)Nc1ccc2c(c1)CC[C@H]2NC(=O)C(NC(=O)CC(F)F)C(F)(F)F)C(C1CC1)C1CC1. The van der Waals surface area contributed by atoms with Crippen LogP contribution in [0.1, 0.15) is 86.1 Å². The van der Waals surface area contributed by atoms with Gasteiger partial charge < -0.3 is 21.3 Å². The number of halogens is 5. The highest BCUT2D eigenvalue weighted by Gasteiger charge is 2.49. The molecule has 2 fully saturated rings. The van der Waals surface area contributed by atoms with Gasteiger partial charge >= 0.3 is 6.18 Å². The van der Waals surface area contributed by atoms with Gasteiger partial charge in [0.05, 0.1) is 12.5 Å². The Morgan fingerprint density at radius 1 is 0.957 bits per heavy atom. The van der Waals surface area contributed by atoms with Crippen LogP contribution >= 0.6 is 0 Å². The first-order chi connectivity index (χ1) is 21.7. The highest BCUT2D eigenvalue weighted by molar-refractivity contribution is 6.01. The molecule has 10 nitrogen and oxygen atoms in total. The summed E-state index contributed by atoms with van der Waals surface area (Å²) in [6.07, 6.45) is -3.70. The predicted octanol–water partition coefficient (Wildman–Crippen LogP) is 4.44. The van der Waals surface area contributed by atoms with Gasteiger partial charge in [0, 0.05) is 17.9 Å². The van der Waals surface area contributed by atoms with Crippen molar-refractivity contribution in [1.29, 1.82) is 0 Å². The topological polar surface area (TPSA) is 134 Å². The number of aromatic nitrogens is 2. The Balaban J connectivity index is 1.28. The minimum absolute atomic E-state index is 0.0174. The van der Waals surface area contributed by atoms with E-state index < -0.39 is 54.9 Å². The van der Waals surface area contributed by atoms with Crippen LogP contribution < -0.4 is 21.3 Å². The fourth-order valence-corrected chi connectivity index (χ4v) is 6.33. The highest BCUT2D eigenvalue weighted by atomic mass is 19.4. The largest absolute Gasteiger partial charge is 0.417 e. The lowest BCUT2D eigenvalue weighted by atomic mass is 9.88. The molecule has 1 heterocycles. The molecule has 1 aromatic heterocycles. The molecule has 2 aromatic rings. The first-order valence-corrected chi connectivity index (χ1v) is 15.5. The van der Waals surface area contributed by atoms with Crippen LogP contribution in [0.5, 0.6) is 0 Å². The first kappa shape index (κ1) is 33.3. The molecule has 0 saturated heterocycles. The highest BCUT2D eigenvalue weighted by Crippen LogP contribution is 2.51. The van der Waals surface area contributed by atoms with E-state index in [1.165, 1.54) is 11.5 Å². The summed E-state index contributed by atoms with van der Waals surface area (Å²) < 4.78 is 67.1. The van der Waals surface area contributed by atoms with Gasteiger partial charge in [-0.2, -0.15) is 18.3 Å². The standard InChI is InChI=1S/C31H37F5N6O4/c1-15(2)42-22(11-12-37-42)28(44)41-26(25(16-3-4-16)17-5-6-17)29(45)38-19-8-9-20-18(13-19)7-10-21(20)39-30(46)27(31(34,35)36)40-24(43)14-23(32)33/h8-9,11-13,15-17,21,23,25-27H,3-7,10,14H2,1-2H3,(H,38,45)(H,39,46)(H,40,43)(H,41,44)/t21-,26+,27?/m1/s1. The van der Waals surface area contributed by atoms with Crippen molar-refractivity contribution in [3.8, 4) is 0 Å². The number of hydrogen-bond donors (Lipinski definition) is 4. The maximum absolute atomic E-state index is 13.8. The van der Waals surface area contributed by atoms with Gasteiger partial charge in [-0.15, -0.1) is 0 Å². The Morgan fingerprint density at radius 2 is 1.63 bits per heavy atom. The number of carbonyl (C=O) groups is 4. The molecule has 2 saturated carbocycles. The van der Waals surface area contributed by atoms with Crippen molar-refractivity contribution >= 4 is 29.3 Å². The van der Waals surface area contributed by atoms with E-state index in [0.717, 1.165) is 25.7 Å². The minimum atomic E-state index is -5.20. The zero-order chi connectivity index (χ0) is 33.3. The molecule has 0 radical (unpaired) electrons. The van der Waals surface area contributed by atoms with Gasteiger partial charge in [-0.1, -0.05) is 6.07 Å². The molecule has 0 aliphatic heterocycles. The number of amides is 4. The molecule has 15 heteroatoms. The van der Waals surface area contributed by atoms with Crippen LogP contribution in [0, 0.1) is 17.8 Å². The third-order valence-corrected chi connectivity index (χ3v) is 8.72. The molecular formula is C31H37F5N6O4. The maximum atomic E-state index is 13.8. The summed E-state index contributed by atoms with van der Waals surface area (Å²) >= 11 is 0. The van der Waals surface area contributed by atoms with Crippen LogP contribution in [-0.4, -0.2) is 58.1 Å². The Labute approximate surface area is 262 Å². The molecule has 1 aromatic carbocycles. The average Bonchev–Trinajstić information content (AvgIpc) is 3.90. The number of anilines is 1. The Hall–Kier alpha value is -4.04. The fourth-order valence-electron chi connectivity index (χ4n) is 6.33. The summed E-state index contributed by atoms with van der Waals surface area (Å²) in [6.45, 7) is 3.80. The van der Waals surface area contributed by atoms with Crippen LogP contribution in [0.25, 0.3) is 0 Å². The van der Waals surface area contributed by atoms with Crippen LogP contribution in [0.2, 0.25) is 0 Å². The van der Waals surface area contributed by atoms with E-state index in [0.29, 0.717) is 40.8 Å². The lowest BCUT2D eigenvalue weighted by Gasteiger charge is -2.28. The number of nitrogens with zero attached hydrogens (tertiary/aromatic N) is 2. The summed E-state index contributed by atoms with van der Waals surface area (Å²) in [5.74, 6) is -3.27. The zero-order valence-corrected chi connectivity index (χ0v) is 25.4. The average molecular weight is 653 g/mol. The van der Waals surface area contributed by atoms with E-state index in [1.54, 1.807) is 28.9 Å². The van der Waals surface area contributed by atoms with E-state index in [4.69, 9.17) is 0 Å². The lowest BCUT2D eigenvalue weighted by molar-refractivity contribution is -0.172. The summed E-state index contributed by atoms with van der Waals surface area (Å²) in [5, 5.41) is 13.8. The van der Waals surface area contributed by atoms with Gasteiger partial charge in [0.25, 0.3) is 11.8 Å². The van der Waals surface area contributed by atoms with E-state index >= 15 is 0 Å². The Kier molecular flexibility index (Phi) is 9.68. The molecule has 4 amide bonds. The predicted molar refractivity (Wildman–Crippen MR) is 156 cm³/mol. The second-order valence-electron chi connectivity index (χ2n) is 12.6. The van der Waals surface area contributed by atoms with Gasteiger partial charge in [-0.05, 0) is 99.5 Å². The zero-order valence-electron chi connectivity index (χ0n) is 25.4. The Morgan fingerprint density at radius 3 is 2.22 bits per heavy atom. The fraction of sp³-hybridized carbons (Fsp3) is 0.581. The monoisotopic (exact) mass is 652 g/mol. The molecule has 46 heavy (non-hydrogen) atoms. The van der Waals surface area contributed by atoms with Gasteiger partial charge in [0.1, 0.15) is 11.7 Å². The van der Waals surface area contributed by atoms with Crippen LogP contribution in [-0.2, 0) is 20.8 Å². The molecular weight excluding hydrogens is 615 g/mol. The maximum Gasteiger partial charge on any atom is 0.417 e. The smallest absolute Gasteiger partial charge is 0.347 e. The van der Waals surface area contributed by atoms with Crippen molar-refractivity contribution in [2.75, 3.05) is 5.32 Å². The van der Waals surface area contributed by atoms with E-state index in [-0.39, 0.29) is 24.3 Å². The summed E-state index contributed by atoms with van der Waals surface area (Å²) in [4.78, 5) is 51.3. The van der Waals surface area contributed by atoms with Crippen LogP contribution in [0.3, 0.4) is 0 Å². The number of nitrogens with one attached hydrogen (secondary N) is 4. The van der Waals surface area contributed by atoms with Crippen molar-refractivity contribution in [2.24, 2.45) is 17.8 Å². The second kappa shape index (κ2) is 13.4. The third-order valence-electron chi connectivity index (χ3n) is 8.72. The molecule has 1 unspecified atom stereocenters.